The molecule has 0 radical (unpaired) electrons. The molecule has 1 fully saturated rings. The number of rotatable bonds is 6. The lowest BCUT2D eigenvalue weighted by Gasteiger charge is -2.48. The fourth-order valence-corrected chi connectivity index (χ4v) is 4.50. The van der Waals surface area contributed by atoms with Crippen LogP contribution in [0.2, 0.25) is 0 Å². The number of nitrogens with two attached hydrogens (primary N) is 1. The van der Waals surface area contributed by atoms with Gasteiger partial charge in [-0.2, -0.15) is 13.2 Å². The minimum Gasteiger partial charge on any atom is -0.444 e. The Morgan fingerprint density at radius 3 is 2.26 bits per heavy atom. The maximum atomic E-state index is 13.8. The van der Waals surface area contributed by atoms with Crippen molar-refractivity contribution in [1.29, 1.82) is 0 Å². The second-order valence-electron chi connectivity index (χ2n) is 7.70. The third-order valence-corrected chi connectivity index (χ3v) is 6.03. The van der Waals surface area contributed by atoms with Crippen LogP contribution in [0.15, 0.2) is 65.5 Å². The maximum absolute atomic E-state index is 13.8. The summed E-state index contributed by atoms with van der Waals surface area (Å²) in [5.41, 5.74) is 4.51. The summed E-state index contributed by atoms with van der Waals surface area (Å²) < 4.78 is 46.6. The highest BCUT2D eigenvalue weighted by Crippen LogP contribution is 2.56. The molecule has 160 valence electrons. The van der Waals surface area contributed by atoms with Crippen LogP contribution in [-0.4, -0.2) is 16.7 Å². The van der Waals surface area contributed by atoms with Gasteiger partial charge < -0.3 is 10.2 Å². The molecule has 2 N–H and O–H groups in total. The van der Waals surface area contributed by atoms with Gasteiger partial charge in [0, 0.05) is 11.0 Å². The Morgan fingerprint density at radius 2 is 1.74 bits per heavy atom. The third-order valence-electron chi connectivity index (χ3n) is 6.03. The number of alkyl halides is 3. The molecule has 0 bridgehead atoms. The lowest BCUT2D eigenvalue weighted by Crippen LogP contribution is -2.48. The number of halogens is 3. The quantitative estimate of drug-likeness (QED) is 0.581. The van der Waals surface area contributed by atoms with E-state index in [-0.39, 0.29) is 5.56 Å². The molecule has 4 rings (SSSR count). The number of carbonyl (C=O) groups excluding carboxylic acids is 2. The predicted octanol–water partition coefficient (Wildman–Crippen LogP) is 4.62. The Bertz CT molecular complexity index is 1100. The van der Waals surface area contributed by atoms with E-state index >= 15 is 0 Å². The summed E-state index contributed by atoms with van der Waals surface area (Å²) in [4.78, 5) is 28.7. The maximum Gasteiger partial charge on any atom is 0.416 e. The number of aromatic nitrogens is 1. The van der Waals surface area contributed by atoms with Crippen molar-refractivity contribution >= 4 is 11.7 Å². The van der Waals surface area contributed by atoms with Crippen molar-refractivity contribution in [2.24, 2.45) is 5.73 Å². The summed E-state index contributed by atoms with van der Waals surface area (Å²) in [7, 11) is 0. The molecule has 0 aliphatic heterocycles. The van der Waals surface area contributed by atoms with Gasteiger partial charge in [-0.25, -0.2) is 4.98 Å². The van der Waals surface area contributed by atoms with Crippen molar-refractivity contribution in [3.63, 3.8) is 0 Å². The Labute approximate surface area is 176 Å². The lowest BCUT2D eigenvalue weighted by molar-refractivity contribution is -0.141. The van der Waals surface area contributed by atoms with E-state index in [1.165, 1.54) is 30.8 Å². The Hall–Kier alpha value is -3.42. The summed E-state index contributed by atoms with van der Waals surface area (Å²) in [5.74, 6) is -2.68. The van der Waals surface area contributed by atoms with E-state index in [4.69, 9.17) is 10.2 Å². The zero-order chi connectivity index (χ0) is 22.2. The van der Waals surface area contributed by atoms with Gasteiger partial charge in [0.05, 0.1) is 17.7 Å². The van der Waals surface area contributed by atoms with Gasteiger partial charge in [-0.3, -0.25) is 9.59 Å². The van der Waals surface area contributed by atoms with Gasteiger partial charge >= 0.3 is 6.18 Å². The molecule has 8 heteroatoms. The van der Waals surface area contributed by atoms with E-state index in [0.717, 1.165) is 6.07 Å². The number of benzene rings is 2. The van der Waals surface area contributed by atoms with Crippen molar-refractivity contribution in [1.82, 2.24) is 4.98 Å². The number of amides is 1. The monoisotopic (exact) mass is 428 g/mol. The molecule has 1 unspecified atom stereocenters. The SMILES string of the molecule is NC(=O)C(=O)C(c1ccc(-c2cnco2)cc1)C1(c2ccccc2C(F)(F)F)CCC1. The highest BCUT2D eigenvalue weighted by Gasteiger charge is 2.53. The van der Waals surface area contributed by atoms with Gasteiger partial charge in [-0.15, -0.1) is 0 Å². The summed E-state index contributed by atoms with van der Waals surface area (Å²) in [6.45, 7) is 0. The number of ketones is 1. The minimum absolute atomic E-state index is 0.0210. The average molecular weight is 428 g/mol. The van der Waals surface area contributed by atoms with E-state index in [0.29, 0.717) is 36.1 Å². The van der Waals surface area contributed by atoms with Crippen molar-refractivity contribution in [3.8, 4) is 11.3 Å². The number of oxazole rings is 1. The normalized spacial score (nSPS) is 16.4. The van der Waals surface area contributed by atoms with E-state index in [1.807, 2.05) is 0 Å². The van der Waals surface area contributed by atoms with E-state index in [1.54, 1.807) is 24.3 Å². The number of hydrogen-bond acceptors (Lipinski definition) is 4. The van der Waals surface area contributed by atoms with Crippen LogP contribution in [0.1, 0.15) is 41.9 Å². The number of nitrogens with zero attached hydrogens (tertiary/aromatic N) is 1. The third kappa shape index (κ3) is 3.62. The van der Waals surface area contributed by atoms with Gasteiger partial charge in [0.15, 0.2) is 12.2 Å². The van der Waals surface area contributed by atoms with Crippen LogP contribution in [0.3, 0.4) is 0 Å². The molecule has 0 saturated heterocycles. The second-order valence-corrected chi connectivity index (χ2v) is 7.70. The van der Waals surface area contributed by atoms with E-state index in [9.17, 15) is 22.8 Å². The first-order valence-electron chi connectivity index (χ1n) is 9.73. The zero-order valence-electron chi connectivity index (χ0n) is 16.4. The lowest BCUT2D eigenvalue weighted by atomic mass is 9.54. The molecule has 1 saturated carbocycles. The topological polar surface area (TPSA) is 86.2 Å². The number of carbonyl (C=O) groups is 2. The fourth-order valence-electron chi connectivity index (χ4n) is 4.50. The van der Waals surface area contributed by atoms with Crippen LogP contribution in [0.25, 0.3) is 11.3 Å². The molecule has 0 spiro atoms. The first-order chi connectivity index (χ1) is 14.7. The molecule has 3 aromatic rings. The Balaban J connectivity index is 1.85. The molecule has 1 aromatic heterocycles. The molecular weight excluding hydrogens is 409 g/mol. The molecule has 1 aliphatic rings. The number of Topliss-reactive ketones (excluding diaryl/α,β-unsaturated/α-hetero) is 1. The number of hydrogen-bond donors (Lipinski definition) is 1. The molecule has 1 amide bonds. The molecule has 5 nitrogen and oxygen atoms in total. The summed E-state index contributed by atoms with van der Waals surface area (Å²) >= 11 is 0. The molecule has 1 heterocycles. The first-order valence-corrected chi connectivity index (χ1v) is 9.73. The predicted molar refractivity (Wildman–Crippen MR) is 106 cm³/mol. The molecule has 2 aromatic carbocycles. The van der Waals surface area contributed by atoms with Crippen molar-refractivity contribution in [3.05, 3.63) is 77.8 Å². The van der Waals surface area contributed by atoms with Crippen LogP contribution in [0.5, 0.6) is 0 Å². The molecule has 1 aliphatic carbocycles. The Kier molecular flexibility index (Phi) is 5.16. The summed E-state index contributed by atoms with van der Waals surface area (Å²) in [6, 6.07) is 11.8. The van der Waals surface area contributed by atoms with Gasteiger partial charge in [-0.05, 0) is 30.0 Å². The molecular formula is C23H19F3N2O3. The van der Waals surface area contributed by atoms with Crippen LogP contribution in [-0.2, 0) is 21.2 Å². The van der Waals surface area contributed by atoms with Crippen molar-refractivity contribution < 1.29 is 27.2 Å². The summed E-state index contributed by atoms with van der Waals surface area (Å²) in [6.07, 6.45) is -0.462. The number of primary amides is 1. The zero-order valence-corrected chi connectivity index (χ0v) is 16.4. The highest BCUT2D eigenvalue weighted by molar-refractivity contribution is 6.38. The van der Waals surface area contributed by atoms with Crippen molar-refractivity contribution in [2.75, 3.05) is 0 Å². The highest BCUT2D eigenvalue weighted by atomic mass is 19.4. The molecule has 1 atom stereocenters. The minimum atomic E-state index is -4.59. The van der Waals surface area contributed by atoms with Crippen LogP contribution >= 0.6 is 0 Å². The van der Waals surface area contributed by atoms with E-state index in [2.05, 4.69) is 4.98 Å². The largest absolute Gasteiger partial charge is 0.444 e. The van der Waals surface area contributed by atoms with E-state index < -0.39 is 34.8 Å². The first kappa shape index (κ1) is 20.8. The smallest absolute Gasteiger partial charge is 0.416 e. The van der Waals surface area contributed by atoms with Crippen LogP contribution < -0.4 is 5.73 Å². The van der Waals surface area contributed by atoms with Gasteiger partial charge in [0.1, 0.15) is 0 Å². The van der Waals surface area contributed by atoms with Crippen LogP contribution in [0.4, 0.5) is 13.2 Å². The standard InChI is InChI=1S/C23H19F3N2O3/c24-23(25,26)17-5-2-1-4-16(17)22(10-3-11-22)19(20(29)21(27)30)15-8-6-14(7-9-15)18-12-28-13-31-18/h1-2,4-9,12-13,19H,3,10-11H2,(H2,27,30). The fraction of sp³-hybridized carbons (Fsp3) is 0.261. The average Bonchev–Trinajstić information content (AvgIpc) is 3.24. The molecule has 31 heavy (non-hydrogen) atoms. The van der Waals surface area contributed by atoms with Gasteiger partial charge in [0.2, 0.25) is 5.78 Å². The van der Waals surface area contributed by atoms with Gasteiger partial charge in [-0.1, -0.05) is 48.9 Å². The summed E-state index contributed by atoms with van der Waals surface area (Å²) in [5, 5.41) is 0. The second kappa shape index (κ2) is 7.68. The Morgan fingerprint density at radius 1 is 1.06 bits per heavy atom. The van der Waals surface area contributed by atoms with Crippen molar-refractivity contribution in [2.45, 2.75) is 36.8 Å². The van der Waals surface area contributed by atoms with Gasteiger partial charge in [0.25, 0.3) is 5.91 Å². The van der Waals surface area contributed by atoms with Crippen LogP contribution in [0, 0.1) is 0 Å².